The quantitative estimate of drug-likeness (QED) is 0.864. The molecule has 2 N–H and O–H groups in total. The lowest BCUT2D eigenvalue weighted by molar-refractivity contribution is 0.177. The third-order valence-electron chi connectivity index (χ3n) is 3.64. The third-order valence-corrected chi connectivity index (χ3v) is 4.17. The van der Waals surface area contributed by atoms with Crippen molar-refractivity contribution in [1.82, 2.24) is 9.88 Å². The molecule has 4 heteroatoms. The number of nitrogens with zero attached hydrogens (tertiary/aromatic N) is 2. The van der Waals surface area contributed by atoms with Crippen LogP contribution in [-0.2, 0) is 6.54 Å². The minimum Gasteiger partial charge on any atom is -0.326 e. The van der Waals surface area contributed by atoms with Crippen molar-refractivity contribution in [2.45, 2.75) is 32.5 Å². The maximum absolute atomic E-state index is 6.27. The molecule has 1 heterocycles. The van der Waals surface area contributed by atoms with Crippen molar-refractivity contribution in [2.24, 2.45) is 5.73 Å². The van der Waals surface area contributed by atoms with Gasteiger partial charge in [-0.1, -0.05) is 35.0 Å². The zero-order valence-electron chi connectivity index (χ0n) is 12.5. The average molecular weight is 348 g/mol. The van der Waals surface area contributed by atoms with Crippen molar-refractivity contribution in [1.29, 1.82) is 0 Å². The fourth-order valence-corrected chi connectivity index (χ4v) is 2.90. The summed E-state index contributed by atoms with van der Waals surface area (Å²) in [7, 11) is 0. The first kappa shape index (κ1) is 16.1. The summed E-state index contributed by atoms with van der Waals surface area (Å²) in [5.74, 6) is 0. The first-order valence-electron chi connectivity index (χ1n) is 7.25. The van der Waals surface area contributed by atoms with Gasteiger partial charge in [0.15, 0.2) is 0 Å². The Kier molecular flexibility index (Phi) is 5.91. The van der Waals surface area contributed by atoms with E-state index >= 15 is 0 Å². The largest absolute Gasteiger partial charge is 0.326 e. The Labute approximate surface area is 135 Å². The summed E-state index contributed by atoms with van der Waals surface area (Å²) in [6.07, 6.45) is 3.67. The maximum Gasteiger partial charge on any atom is 0.0499 e. The summed E-state index contributed by atoms with van der Waals surface area (Å²) < 4.78 is 1.09. The molecule has 112 valence electrons. The summed E-state index contributed by atoms with van der Waals surface area (Å²) in [4.78, 5) is 6.48. The van der Waals surface area contributed by atoms with Crippen LogP contribution in [0.5, 0.6) is 0 Å². The molecule has 1 aromatic heterocycles. The van der Waals surface area contributed by atoms with Crippen LogP contribution in [0.25, 0.3) is 0 Å². The molecule has 0 radical (unpaired) electrons. The Morgan fingerprint density at radius 3 is 2.29 bits per heavy atom. The smallest absolute Gasteiger partial charge is 0.0499 e. The van der Waals surface area contributed by atoms with Crippen LogP contribution in [-0.4, -0.2) is 22.5 Å². The summed E-state index contributed by atoms with van der Waals surface area (Å²) in [5, 5.41) is 0. The lowest BCUT2D eigenvalue weighted by atomic mass is 9.98. The van der Waals surface area contributed by atoms with Gasteiger partial charge in [-0.3, -0.25) is 9.88 Å². The number of hydrogen-bond donors (Lipinski definition) is 1. The minimum atomic E-state index is 0.0629. The summed E-state index contributed by atoms with van der Waals surface area (Å²) in [6.45, 7) is 6.07. The third kappa shape index (κ3) is 4.37. The van der Waals surface area contributed by atoms with Crippen molar-refractivity contribution in [3.63, 3.8) is 0 Å². The van der Waals surface area contributed by atoms with Crippen LogP contribution in [0.1, 0.15) is 31.0 Å². The van der Waals surface area contributed by atoms with Crippen LogP contribution < -0.4 is 5.73 Å². The highest BCUT2D eigenvalue weighted by Gasteiger charge is 2.23. The predicted octanol–water partition coefficient (Wildman–Crippen LogP) is 3.75. The Bertz CT molecular complexity index is 540. The van der Waals surface area contributed by atoms with Gasteiger partial charge in [-0.15, -0.1) is 0 Å². The maximum atomic E-state index is 6.27. The number of likely N-dealkylation sites (N-methyl/N-ethyl adjacent to an activating group) is 1. The first-order valence-corrected chi connectivity index (χ1v) is 8.05. The molecule has 0 amide bonds. The zero-order valence-corrected chi connectivity index (χ0v) is 14.1. The molecule has 0 aliphatic carbocycles. The Morgan fingerprint density at radius 1 is 1.14 bits per heavy atom. The van der Waals surface area contributed by atoms with Gasteiger partial charge in [0.1, 0.15) is 0 Å². The summed E-state index contributed by atoms with van der Waals surface area (Å²) in [5.41, 5.74) is 8.78. The zero-order chi connectivity index (χ0) is 15.2. The fraction of sp³-hybridized carbons (Fsp3) is 0.353. The van der Waals surface area contributed by atoms with Crippen LogP contribution >= 0.6 is 15.9 Å². The molecule has 0 saturated heterocycles. The van der Waals surface area contributed by atoms with Gasteiger partial charge in [-0.2, -0.15) is 0 Å². The molecule has 0 aliphatic rings. The molecule has 2 aromatic rings. The van der Waals surface area contributed by atoms with Gasteiger partial charge in [0.25, 0.3) is 0 Å². The van der Waals surface area contributed by atoms with E-state index in [1.54, 1.807) is 0 Å². The molecule has 2 unspecified atom stereocenters. The highest BCUT2D eigenvalue weighted by molar-refractivity contribution is 9.10. The van der Waals surface area contributed by atoms with Crippen molar-refractivity contribution in [3.8, 4) is 0 Å². The van der Waals surface area contributed by atoms with Gasteiger partial charge in [-0.25, -0.2) is 0 Å². The van der Waals surface area contributed by atoms with Gasteiger partial charge in [0.2, 0.25) is 0 Å². The van der Waals surface area contributed by atoms with Crippen LogP contribution in [0.15, 0.2) is 53.3 Å². The molecular weight excluding hydrogens is 326 g/mol. The molecule has 0 aliphatic heterocycles. The van der Waals surface area contributed by atoms with E-state index in [-0.39, 0.29) is 12.1 Å². The second-order valence-electron chi connectivity index (χ2n) is 5.27. The predicted molar refractivity (Wildman–Crippen MR) is 90.9 cm³/mol. The number of halogens is 1. The van der Waals surface area contributed by atoms with Crippen LogP contribution in [0.2, 0.25) is 0 Å². The average Bonchev–Trinajstić information content (AvgIpc) is 2.49. The molecule has 2 rings (SSSR count). The highest BCUT2D eigenvalue weighted by atomic mass is 79.9. The number of hydrogen-bond acceptors (Lipinski definition) is 3. The van der Waals surface area contributed by atoms with E-state index in [2.05, 4.69) is 76.1 Å². The Hall–Kier alpha value is -1.23. The van der Waals surface area contributed by atoms with E-state index in [1.807, 2.05) is 12.4 Å². The van der Waals surface area contributed by atoms with Crippen molar-refractivity contribution in [3.05, 3.63) is 64.4 Å². The second kappa shape index (κ2) is 7.69. The van der Waals surface area contributed by atoms with Crippen molar-refractivity contribution >= 4 is 15.9 Å². The molecule has 0 fully saturated rings. The number of rotatable bonds is 6. The number of benzene rings is 1. The lowest BCUT2D eigenvalue weighted by Crippen LogP contribution is -2.39. The van der Waals surface area contributed by atoms with Crippen LogP contribution in [0.4, 0.5) is 0 Å². The molecule has 0 bridgehead atoms. The monoisotopic (exact) mass is 347 g/mol. The van der Waals surface area contributed by atoms with Gasteiger partial charge in [0, 0.05) is 35.5 Å². The summed E-state index contributed by atoms with van der Waals surface area (Å²) >= 11 is 3.49. The molecule has 0 saturated carbocycles. The topological polar surface area (TPSA) is 42.2 Å². The van der Waals surface area contributed by atoms with E-state index in [0.717, 1.165) is 17.6 Å². The Morgan fingerprint density at radius 2 is 1.76 bits per heavy atom. The van der Waals surface area contributed by atoms with E-state index in [0.29, 0.717) is 0 Å². The van der Waals surface area contributed by atoms with Crippen molar-refractivity contribution < 1.29 is 0 Å². The minimum absolute atomic E-state index is 0.0629. The van der Waals surface area contributed by atoms with Gasteiger partial charge < -0.3 is 5.73 Å². The Balaban J connectivity index is 2.24. The van der Waals surface area contributed by atoms with E-state index in [4.69, 9.17) is 5.73 Å². The molecule has 2 atom stereocenters. The number of pyridine rings is 1. The molecule has 1 aromatic carbocycles. The molecule has 0 spiro atoms. The van der Waals surface area contributed by atoms with E-state index in [1.165, 1.54) is 11.1 Å². The van der Waals surface area contributed by atoms with Crippen LogP contribution in [0, 0.1) is 0 Å². The van der Waals surface area contributed by atoms with Gasteiger partial charge >= 0.3 is 0 Å². The number of aromatic nitrogens is 1. The second-order valence-corrected chi connectivity index (χ2v) is 6.19. The number of nitrogens with two attached hydrogens (primary N) is 1. The molecular formula is C17H22BrN3. The van der Waals surface area contributed by atoms with Gasteiger partial charge in [-0.05, 0) is 48.9 Å². The van der Waals surface area contributed by atoms with E-state index < -0.39 is 0 Å². The first-order chi connectivity index (χ1) is 10.1. The lowest BCUT2D eigenvalue weighted by Gasteiger charge is -2.34. The molecule has 3 nitrogen and oxygen atoms in total. The fourth-order valence-electron chi connectivity index (χ4n) is 2.64. The molecule has 21 heavy (non-hydrogen) atoms. The van der Waals surface area contributed by atoms with Gasteiger partial charge in [0.05, 0.1) is 0 Å². The highest BCUT2D eigenvalue weighted by Crippen LogP contribution is 2.26. The van der Waals surface area contributed by atoms with Crippen molar-refractivity contribution in [2.75, 3.05) is 6.54 Å². The van der Waals surface area contributed by atoms with E-state index in [9.17, 15) is 0 Å². The summed E-state index contributed by atoms with van der Waals surface area (Å²) in [6, 6.07) is 12.8. The van der Waals surface area contributed by atoms with Crippen LogP contribution in [0.3, 0.4) is 0 Å². The standard InChI is InChI=1S/C17H22BrN3/c1-3-21(12-14-8-10-20-11-9-14)17(13(2)19)15-4-6-16(18)7-5-15/h4-11,13,17H,3,12,19H2,1-2H3. The SMILES string of the molecule is CCN(Cc1ccncc1)C(c1ccc(Br)cc1)C(C)N. The normalized spacial score (nSPS) is 14.1.